The summed E-state index contributed by atoms with van der Waals surface area (Å²) in [6.07, 6.45) is 0. The fourth-order valence-electron chi connectivity index (χ4n) is 10.9. The molecule has 332 valence electrons. The standard InChI is InChI=1S/C68H44N2O/c1-2-13-52-43-54(28-27-45(52)11-1)48-25-23-46(24-26-48)47-29-36-55(37-30-47)69(57-40-33-51(34-41-57)59-19-10-22-66-67(59)63-42-35-50-12-3-4-16-60(50)68(63)71-66)56-38-31-49(32-39-56)53-14-9-15-58(44-53)70-64-20-7-5-17-61(64)62-18-6-8-21-65(62)70/h1-44H. The first-order chi connectivity index (χ1) is 35.2. The third-order valence-corrected chi connectivity index (χ3v) is 14.4. The second kappa shape index (κ2) is 16.7. The summed E-state index contributed by atoms with van der Waals surface area (Å²) >= 11 is 0. The Balaban J connectivity index is 0.826. The van der Waals surface area contributed by atoms with Crippen molar-refractivity contribution in [2.45, 2.75) is 0 Å². The third kappa shape index (κ3) is 6.97. The average Bonchev–Trinajstić information content (AvgIpc) is 4.00. The van der Waals surface area contributed by atoms with Crippen LogP contribution in [0.5, 0.6) is 0 Å². The van der Waals surface area contributed by atoms with Gasteiger partial charge in [-0.2, -0.15) is 0 Å². The highest BCUT2D eigenvalue weighted by Crippen LogP contribution is 2.42. The van der Waals surface area contributed by atoms with E-state index in [1.165, 1.54) is 60.2 Å². The molecule has 2 heterocycles. The number of rotatable bonds is 8. The molecule has 0 N–H and O–H groups in total. The van der Waals surface area contributed by atoms with Gasteiger partial charge >= 0.3 is 0 Å². The minimum atomic E-state index is 0.892. The fourth-order valence-corrected chi connectivity index (χ4v) is 10.9. The minimum absolute atomic E-state index is 0.892. The molecule has 12 aromatic carbocycles. The first kappa shape index (κ1) is 40.6. The maximum Gasteiger partial charge on any atom is 0.143 e. The highest BCUT2D eigenvalue weighted by atomic mass is 16.3. The number of fused-ring (bicyclic) bond motifs is 9. The Labute approximate surface area is 411 Å². The number of nitrogens with zero attached hydrogens (tertiary/aromatic N) is 2. The summed E-state index contributed by atoms with van der Waals surface area (Å²) in [4.78, 5) is 2.36. The maximum atomic E-state index is 6.58. The Morgan fingerprint density at radius 2 is 0.775 bits per heavy atom. The number of aromatic nitrogens is 1. The number of para-hydroxylation sites is 2. The molecule has 0 aliphatic carbocycles. The minimum Gasteiger partial charge on any atom is -0.455 e. The first-order valence-electron chi connectivity index (χ1n) is 24.3. The molecule has 0 fully saturated rings. The first-order valence-corrected chi connectivity index (χ1v) is 24.3. The van der Waals surface area contributed by atoms with E-state index in [2.05, 4.69) is 276 Å². The van der Waals surface area contributed by atoms with E-state index in [0.717, 1.165) is 72.3 Å². The number of hydrogen-bond donors (Lipinski definition) is 0. The van der Waals surface area contributed by atoms with Gasteiger partial charge in [-0.1, -0.05) is 188 Å². The van der Waals surface area contributed by atoms with Gasteiger partial charge in [0.15, 0.2) is 0 Å². The molecule has 2 aromatic heterocycles. The summed E-state index contributed by atoms with van der Waals surface area (Å²) in [5.74, 6) is 0. The number of furan rings is 1. The second-order valence-corrected chi connectivity index (χ2v) is 18.5. The smallest absolute Gasteiger partial charge is 0.143 e. The lowest BCUT2D eigenvalue weighted by molar-refractivity contribution is 0.673. The maximum absolute atomic E-state index is 6.58. The van der Waals surface area contributed by atoms with Crippen molar-refractivity contribution in [1.82, 2.24) is 4.57 Å². The van der Waals surface area contributed by atoms with Gasteiger partial charge in [0.25, 0.3) is 0 Å². The van der Waals surface area contributed by atoms with Crippen molar-refractivity contribution in [3.63, 3.8) is 0 Å². The molecule has 0 saturated carbocycles. The van der Waals surface area contributed by atoms with Gasteiger partial charge in [-0.25, -0.2) is 0 Å². The Hall–Kier alpha value is -9.44. The molecule has 0 radical (unpaired) electrons. The monoisotopic (exact) mass is 904 g/mol. The predicted molar refractivity (Wildman–Crippen MR) is 299 cm³/mol. The van der Waals surface area contributed by atoms with Crippen molar-refractivity contribution in [3.8, 4) is 50.2 Å². The van der Waals surface area contributed by atoms with E-state index >= 15 is 0 Å². The molecular formula is C68H44N2O. The van der Waals surface area contributed by atoms with Gasteiger partial charge < -0.3 is 13.9 Å². The van der Waals surface area contributed by atoms with Crippen LogP contribution in [0.2, 0.25) is 0 Å². The third-order valence-electron chi connectivity index (χ3n) is 14.4. The number of benzene rings is 12. The van der Waals surface area contributed by atoms with Crippen molar-refractivity contribution in [1.29, 1.82) is 0 Å². The summed E-state index contributed by atoms with van der Waals surface area (Å²) in [6.45, 7) is 0. The van der Waals surface area contributed by atoms with E-state index in [1.54, 1.807) is 0 Å². The lowest BCUT2D eigenvalue weighted by atomic mass is 9.97. The largest absolute Gasteiger partial charge is 0.455 e. The van der Waals surface area contributed by atoms with Gasteiger partial charge in [-0.3, -0.25) is 0 Å². The molecule has 0 spiro atoms. The van der Waals surface area contributed by atoms with Gasteiger partial charge in [0.2, 0.25) is 0 Å². The van der Waals surface area contributed by atoms with Gasteiger partial charge in [0.1, 0.15) is 11.2 Å². The summed E-state index contributed by atoms with van der Waals surface area (Å²) in [7, 11) is 0. The highest BCUT2D eigenvalue weighted by molar-refractivity contribution is 6.19. The van der Waals surface area contributed by atoms with Gasteiger partial charge in [0.05, 0.1) is 11.0 Å². The lowest BCUT2D eigenvalue weighted by Crippen LogP contribution is -2.09. The molecule has 14 rings (SSSR count). The van der Waals surface area contributed by atoms with E-state index < -0.39 is 0 Å². The zero-order valence-corrected chi connectivity index (χ0v) is 38.7. The molecule has 14 aromatic rings. The van der Waals surface area contributed by atoms with E-state index in [1.807, 2.05) is 0 Å². The van der Waals surface area contributed by atoms with E-state index in [9.17, 15) is 0 Å². The van der Waals surface area contributed by atoms with E-state index in [-0.39, 0.29) is 0 Å². The molecule has 0 unspecified atom stereocenters. The molecular weight excluding hydrogens is 861 g/mol. The molecule has 0 atom stereocenters. The lowest BCUT2D eigenvalue weighted by Gasteiger charge is -2.26. The van der Waals surface area contributed by atoms with Crippen LogP contribution in [0.4, 0.5) is 17.1 Å². The summed E-state index contributed by atoms with van der Waals surface area (Å²) in [5.41, 5.74) is 18.0. The van der Waals surface area contributed by atoms with Crippen LogP contribution in [0, 0.1) is 0 Å². The zero-order valence-electron chi connectivity index (χ0n) is 38.7. The molecule has 0 saturated heterocycles. The highest BCUT2D eigenvalue weighted by Gasteiger charge is 2.18. The van der Waals surface area contributed by atoms with Crippen LogP contribution in [-0.4, -0.2) is 4.57 Å². The van der Waals surface area contributed by atoms with E-state index in [4.69, 9.17) is 4.42 Å². The summed E-state index contributed by atoms with van der Waals surface area (Å²) < 4.78 is 8.96. The Bertz CT molecular complexity index is 4260. The van der Waals surface area contributed by atoms with Gasteiger partial charge in [-0.15, -0.1) is 0 Å². The topological polar surface area (TPSA) is 21.3 Å². The van der Waals surface area contributed by atoms with Crippen LogP contribution in [0.1, 0.15) is 0 Å². The van der Waals surface area contributed by atoms with Crippen molar-refractivity contribution >= 4 is 82.4 Å². The quantitative estimate of drug-likeness (QED) is 0.151. The van der Waals surface area contributed by atoms with Crippen molar-refractivity contribution in [2.24, 2.45) is 0 Å². The van der Waals surface area contributed by atoms with Crippen LogP contribution in [0.25, 0.3) is 115 Å². The van der Waals surface area contributed by atoms with Crippen molar-refractivity contribution < 1.29 is 4.42 Å². The molecule has 71 heavy (non-hydrogen) atoms. The SMILES string of the molecule is c1cc(-c2ccc(N(c3ccc(-c4ccc(-c5ccc6ccccc6c5)cc4)cc3)c3ccc(-c4cccc5oc6c7ccccc7ccc6c45)cc3)cc2)cc(-n2c3ccccc3c3ccccc32)c1. The molecule has 0 amide bonds. The summed E-state index contributed by atoms with van der Waals surface area (Å²) in [6, 6.07) is 96.6. The Morgan fingerprint density at radius 1 is 0.296 bits per heavy atom. The molecule has 0 bridgehead atoms. The van der Waals surface area contributed by atoms with Crippen LogP contribution >= 0.6 is 0 Å². The number of hydrogen-bond acceptors (Lipinski definition) is 2. The van der Waals surface area contributed by atoms with Crippen LogP contribution < -0.4 is 4.90 Å². The molecule has 0 aliphatic heterocycles. The fraction of sp³-hybridized carbons (Fsp3) is 0. The van der Waals surface area contributed by atoms with Crippen LogP contribution in [0.15, 0.2) is 271 Å². The second-order valence-electron chi connectivity index (χ2n) is 18.5. The van der Waals surface area contributed by atoms with Crippen LogP contribution in [-0.2, 0) is 0 Å². The predicted octanol–water partition coefficient (Wildman–Crippen LogP) is 19.1. The van der Waals surface area contributed by atoms with Gasteiger partial charge in [0, 0.05) is 49.7 Å². The van der Waals surface area contributed by atoms with Crippen molar-refractivity contribution in [3.05, 3.63) is 267 Å². The molecule has 3 nitrogen and oxygen atoms in total. The zero-order chi connectivity index (χ0) is 46.8. The normalized spacial score (nSPS) is 11.7. The average molecular weight is 905 g/mol. The molecule has 3 heteroatoms. The molecule has 0 aliphatic rings. The summed E-state index contributed by atoms with van der Waals surface area (Å²) in [5, 5.41) is 9.59. The van der Waals surface area contributed by atoms with Crippen LogP contribution in [0.3, 0.4) is 0 Å². The Morgan fingerprint density at radius 3 is 1.42 bits per heavy atom. The van der Waals surface area contributed by atoms with Gasteiger partial charge in [-0.05, 0) is 140 Å². The Kier molecular flexibility index (Phi) is 9.53. The van der Waals surface area contributed by atoms with E-state index in [0.29, 0.717) is 0 Å². The number of anilines is 3. The van der Waals surface area contributed by atoms with Crippen molar-refractivity contribution in [2.75, 3.05) is 4.90 Å².